The van der Waals surface area contributed by atoms with Gasteiger partial charge < -0.3 is 14.5 Å². The molecule has 0 saturated carbocycles. The number of hydrogen-bond acceptors (Lipinski definition) is 5. The van der Waals surface area contributed by atoms with E-state index in [1.807, 2.05) is 30.3 Å². The number of ether oxygens (including phenoxy) is 1. The monoisotopic (exact) mass is 371 g/mol. The molecule has 23 heavy (non-hydrogen) atoms. The lowest BCUT2D eigenvalue weighted by atomic mass is 10.1. The highest BCUT2D eigenvalue weighted by Crippen LogP contribution is 2.27. The van der Waals surface area contributed by atoms with Crippen molar-refractivity contribution in [1.29, 1.82) is 0 Å². The van der Waals surface area contributed by atoms with Gasteiger partial charge in [0.05, 0.1) is 25.3 Å². The molecule has 4 rings (SSSR count). The van der Waals surface area contributed by atoms with Crippen molar-refractivity contribution in [3.05, 3.63) is 64.0 Å². The average molecular weight is 372 g/mol. The van der Waals surface area contributed by atoms with Crippen molar-refractivity contribution < 1.29 is 9.15 Å². The largest absolute Gasteiger partial charge is 0.419 e. The molecule has 5 nitrogen and oxygen atoms in total. The highest BCUT2D eigenvalue weighted by molar-refractivity contribution is 9.10. The summed E-state index contributed by atoms with van der Waals surface area (Å²) in [6.07, 6.45) is 0. The normalized spacial score (nSPS) is 13.1. The summed E-state index contributed by atoms with van der Waals surface area (Å²) in [5.74, 6) is 1.06. The Labute approximate surface area is 141 Å². The molecule has 1 aromatic heterocycles. The van der Waals surface area contributed by atoms with Crippen molar-refractivity contribution in [1.82, 2.24) is 10.2 Å². The number of halogens is 1. The highest BCUT2D eigenvalue weighted by Gasteiger charge is 2.13. The van der Waals surface area contributed by atoms with Crippen LogP contribution in [0.4, 0.5) is 5.69 Å². The van der Waals surface area contributed by atoms with Crippen molar-refractivity contribution in [2.75, 3.05) is 5.32 Å². The van der Waals surface area contributed by atoms with Gasteiger partial charge in [0.25, 0.3) is 0 Å². The maximum atomic E-state index is 5.73. The summed E-state index contributed by atoms with van der Waals surface area (Å²) in [5, 5.41) is 11.5. The first-order chi connectivity index (χ1) is 11.3. The smallest absolute Gasteiger partial charge is 0.248 e. The summed E-state index contributed by atoms with van der Waals surface area (Å²) in [7, 11) is 0. The van der Waals surface area contributed by atoms with E-state index in [0.29, 0.717) is 31.5 Å². The SMILES string of the molecule is Brc1ccccc1-c1nnc(CNc2ccc3c(c2)COC3)o1. The summed E-state index contributed by atoms with van der Waals surface area (Å²) in [6, 6.07) is 14.0. The van der Waals surface area contributed by atoms with E-state index in [1.54, 1.807) is 0 Å². The molecule has 0 amide bonds. The summed E-state index contributed by atoms with van der Waals surface area (Å²) >= 11 is 3.49. The van der Waals surface area contributed by atoms with Crippen molar-refractivity contribution in [2.24, 2.45) is 0 Å². The minimum Gasteiger partial charge on any atom is -0.419 e. The number of nitrogens with one attached hydrogen (secondary N) is 1. The van der Waals surface area contributed by atoms with Crippen LogP contribution in [0.25, 0.3) is 11.5 Å². The highest BCUT2D eigenvalue weighted by atomic mass is 79.9. The van der Waals surface area contributed by atoms with E-state index in [0.717, 1.165) is 15.7 Å². The fraction of sp³-hybridized carbons (Fsp3) is 0.176. The van der Waals surface area contributed by atoms with Crippen LogP contribution in [-0.4, -0.2) is 10.2 Å². The number of fused-ring (bicyclic) bond motifs is 1. The van der Waals surface area contributed by atoms with Crippen LogP contribution >= 0.6 is 15.9 Å². The second-order valence-electron chi connectivity index (χ2n) is 5.31. The lowest BCUT2D eigenvalue weighted by molar-refractivity contribution is 0.134. The molecule has 0 radical (unpaired) electrons. The number of hydrogen-bond donors (Lipinski definition) is 1. The summed E-state index contributed by atoms with van der Waals surface area (Å²) < 4.78 is 12.1. The van der Waals surface area contributed by atoms with Crippen LogP contribution in [-0.2, 0) is 24.5 Å². The van der Waals surface area contributed by atoms with Gasteiger partial charge in [-0.3, -0.25) is 0 Å². The van der Waals surface area contributed by atoms with E-state index < -0.39 is 0 Å². The van der Waals surface area contributed by atoms with Crippen LogP contribution in [0.5, 0.6) is 0 Å². The zero-order chi connectivity index (χ0) is 15.6. The van der Waals surface area contributed by atoms with Crippen molar-refractivity contribution >= 4 is 21.6 Å². The maximum absolute atomic E-state index is 5.73. The van der Waals surface area contributed by atoms with Crippen LogP contribution in [0.3, 0.4) is 0 Å². The van der Waals surface area contributed by atoms with Gasteiger partial charge in [-0.15, -0.1) is 10.2 Å². The molecule has 1 aliphatic rings. The van der Waals surface area contributed by atoms with Gasteiger partial charge >= 0.3 is 0 Å². The lowest BCUT2D eigenvalue weighted by Crippen LogP contribution is -2.00. The van der Waals surface area contributed by atoms with Gasteiger partial charge in [0, 0.05) is 10.2 Å². The molecule has 1 N–H and O–H groups in total. The third-order valence-corrected chi connectivity index (χ3v) is 4.43. The van der Waals surface area contributed by atoms with Gasteiger partial charge in [-0.2, -0.15) is 0 Å². The number of nitrogens with zero attached hydrogens (tertiary/aromatic N) is 2. The predicted octanol–water partition coefficient (Wildman–Crippen LogP) is 4.14. The number of rotatable bonds is 4. The Hall–Kier alpha value is -2.18. The molecule has 0 bridgehead atoms. The van der Waals surface area contributed by atoms with Crippen molar-refractivity contribution in [2.45, 2.75) is 19.8 Å². The third-order valence-electron chi connectivity index (χ3n) is 3.74. The van der Waals surface area contributed by atoms with Gasteiger partial charge in [-0.1, -0.05) is 18.2 Å². The van der Waals surface area contributed by atoms with E-state index >= 15 is 0 Å². The molecule has 0 aliphatic carbocycles. The average Bonchev–Trinajstić information content (AvgIpc) is 3.22. The Kier molecular flexibility index (Phi) is 3.85. The zero-order valence-corrected chi connectivity index (χ0v) is 13.8. The zero-order valence-electron chi connectivity index (χ0n) is 12.3. The summed E-state index contributed by atoms with van der Waals surface area (Å²) in [5.41, 5.74) is 4.40. The standard InChI is InChI=1S/C17H14BrN3O2/c18-15-4-2-1-3-14(15)17-21-20-16(23-17)8-19-13-6-5-11-9-22-10-12(11)7-13/h1-7,19H,8-10H2. The van der Waals surface area contributed by atoms with E-state index in [1.165, 1.54) is 11.1 Å². The fourth-order valence-corrected chi connectivity index (χ4v) is 2.98. The molecule has 2 aromatic carbocycles. The quantitative estimate of drug-likeness (QED) is 0.746. The minimum absolute atomic E-state index is 0.483. The van der Waals surface area contributed by atoms with Crippen LogP contribution in [0.15, 0.2) is 51.4 Å². The Morgan fingerprint density at radius 3 is 2.83 bits per heavy atom. The fourth-order valence-electron chi connectivity index (χ4n) is 2.53. The van der Waals surface area contributed by atoms with Crippen molar-refractivity contribution in [3.8, 4) is 11.5 Å². The number of aromatic nitrogens is 2. The van der Waals surface area contributed by atoms with Crippen LogP contribution in [0.2, 0.25) is 0 Å². The molecule has 0 saturated heterocycles. The molecule has 1 aliphatic heterocycles. The Morgan fingerprint density at radius 1 is 1.04 bits per heavy atom. The maximum Gasteiger partial charge on any atom is 0.248 e. The summed E-state index contributed by atoms with van der Waals surface area (Å²) in [4.78, 5) is 0. The molecule has 3 aromatic rings. The van der Waals surface area contributed by atoms with E-state index in [-0.39, 0.29) is 0 Å². The Balaban J connectivity index is 1.47. The first-order valence-electron chi connectivity index (χ1n) is 7.30. The second kappa shape index (κ2) is 6.14. The van der Waals surface area contributed by atoms with E-state index in [4.69, 9.17) is 9.15 Å². The molecule has 0 fully saturated rings. The third kappa shape index (κ3) is 3.00. The van der Waals surface area contributed by atoms with E-state index in [9.17, 15) is 0 Å². The van der Waals surface area contributed by atoms with Gasteiger partial charge in [0.2, 0.25) is 11.8 Å². The van der Waals surface area contributed by atoms with Crippen LogP contribution in [0.1, 0.15) is 17.0 Å². The molecule has 116 valence electrons. The molecular formula is C17H14BrN3O2. The van der Waals surface area contributed by atoms with Gasteiger partial charge in [0.1, 0.15) is 0 Å². The molecule has 6 heteroatoms. The van der Waals surface area contributed by atoms with Gasteiger partial charge in [-0.05, 0) is 51.3 Å². The van der Waals surface area contributed by atoms with Crippen LogP contribution < -0.4 is 5.32 Å². The second-order valence-corrected chi connectivity index (χ2v) is 6.16. The lowest BCUT2D eigenvalue weighted by Gasteiger charge is -2.05. The Morgan fingerprint density at radius 2 is 1.91 bits per heavy atom. The first-order valence-corrected chi connectivity index (χ1v) is 8.09. The number of anilines is 1. The topological polar surface area (TPSA) is 60.2 Å². The molecule has 0 atom stereocenters. The molecule has 0 unspecified atom stereocenters. The van der Waals surface area contributed by atoms with Crippen molar-refractivity contribution in [3.63, 3.8) is 0 Å². The molecular weight excluding hydrogens is 358 g/mol. The van der Waals surface area contributed by atoms with Gasteiger partial charge in [-0.25, -0.2) is 0 Å². The molecule has 2 heterocycles. The summed E-state index contributed by atoms with van der Waals surface area (Å²) in [6.45, 7) is 1.86. The number of benzene rings is 2. The van der Waals surface area contributed by atoms with Crippen LogP contribution in [0, 0.1) is 0 Å². The van der Waals surface area contributed by atoms with E-state index in [2.05, 4.69) is 43.6 Å². The minimum atomic E-state index is 0.483. The molecule has 0 spiro atoms. The first kappa shape index (κ1) is 14.4. The Bertz CT molecular complexity index is 847. The predicted molar refractivity (Wildman–Crippen MR) is 89.7 cm³/mol. The van der Waals surface area contributed by atoms with Gasteiger partial charge in [0.15, 0.2) is 0 Å².